The fourth-order valence-electron chi connectivity index (χ4n) is 2.30. The highest BCUT2D eigenvalue weighted by atomic mass is 79.9. The van der Waals surface area contributed by atoms with Crippen molar-refractivity contribution in [2.24, 2.45) is 5.41 Å². The molecular formula is C14H18BrNO2. The Morgan fingerprint density at radius 2 is 2.22 bits per heavy atom. The van der Waals surface area contributed by atoms with Crippen molar-refractivity contribution < 1.29 is 9.53 Å². The number of hydrogen-bond donors (Lipinski definition) is 1. The van der Waals surface area contributed by atoms with Gasteiger partial charge in [0.25, 0.3) is 0 Å². The topological polar surface area (TPSA) is 38.3 Å². The number of rotatable bonds is 4. The molecule has 1 saturated carbocycles. The molecule has 3 nitrogen and oxygen atoms in total. The first kappa shape index (κ1) is 13.4. The number of halogens is 1. The van der Waals surface area contributed by atoms with E-state index in [-0.39, 0.29) is 11.4 Å². The molecule has 2 rings (SSSR count). The van der Waals surface area contributed by atoms with Gasteiger partial charge in [-0.25, -0.2) is 0 Å². The maximum Gasteiger partial charge on any atom is 0.313 e. The number of benzene rings is 1. The molecular weight excluding hydrogens is 294 g/mol. The van der Waals surface area contributed by atoms with E-state index in [1.807, 2.05) is 6.07 Å². The van der Waals surface area contributed by atoms with Crippen molar-refractivity contribution in [3.63, 3.8) is 0 Å². The quantitative estimate of drug-likeness (QED) is 0.865. The molecule has 0 radical (unpaired) electrons. The first-order chi connectivity index (χ1) is 8.57. The second kappa shape index (κ2) is 5.31. The molecule has 1 N–H and O–H groups in total. The van der Waals surface area contributed by atoms with Crippen LogP contribution in [0.25, 0.3) is 0 Å². The summed E-state index contributed by atoms with van der Waals surface area (Å²) in [7, 11) is 1.46. The highest BCUT2D eigenvalue weighted by Crippen LogP contribution is 2.42. The molecule has 0 heterocycles. The molecule has 4 heteroatoms. The summed E-state index contributed by atoms with van der Waals surface area (Å²) in [5.41, 5.74) is 1.91. The van der Waals surface area contributed by atoms with Crippen molar-refractivity contribution in [2.45, 2.75) is 26.2 Å². The van der Waals surface area contributed by atoms with Crippen LogP contribution in [-0.2, 0) is 9.53 Å². The summed E-state index contributed by atoms with van der Waals surface area (Å²) in [6.07, 6.45) is 2.93. The van der Waals surface area contributed by atoms with Gasteiger partial charge < -0.3 is 10.1 Å². The summed E-state index contributed by atoms with van der Waals surface area (Å²) in [6, 6.07) is 6.15. The Morgan fingerprint density at radius 1 is 1.50 bits per heavy atom. The third-order valence-corrected chi connectivity index (χ3v) is 4.33. The fraction of sp³-hybridized carbons (Fsp3) is 0.500. The molecule has 1 aromatic carbocycles. The normalized spacial score (nSPS) is 16.8. The van der Waals surface area contributed by atoms with E-state index in [9.17, 15) is 4.79 Å². The van der Waals surface area contributed by atoms with Crippen molar-refractivity contribution in [3.8, 4) is 0 Å². The molecule has 0 bridgehead atoms. The lowest BCUT2D eigenvalue weighted by molar-refractivity contribution is -0.157. The summed E-state index contributed by atoms with van der Waals surface area (Å²) in [5.74, 6) is -0.0931. The van der Waals surface area contributed by atoms with Gasteiger partial charge in [0.15, 0.2) is 0 Å². The lowest BCUT2D eigenvalue weighted by Gasteiger charge is -2.39. The van der Waals surface area contributed by atoms with Crippen LogP contribution in [0.2, 0.25) is 0 Å². The third-order valence-electron chi connectivity index (χ3n) is 3.67. The van der Waals surface area contributed by atoms with Crippen molar-refractivity contribution >= 4 is 27.6 Å². The number of hydrogen-bond acceptors (Lipinski definition) is 3. The molecule has 1 aliphatic rings. The summed E-state index contributed by atoms with van der Waals surface area (Å²) in [5, 5.41) is 3.35. The van der Waals surface area contributed by atoms with Gasteiger partial charge in [0.1, 0.15) is 0 Å². The number of aryl methyl sites for hydroxylation is 1. The number of carbonyl (C=O) groups excluding carboxylic acids is 1. The van der Waals surface area contributed by atoms with Crippen LogP contribution in [0.15, 0.2) is 22.7 Å². The Kier molecular flexibility index (Phi) is 3.95. The Balaban J connectivity index is 2.04. The van der Waals surface area contributed by atoms with Crippen LogP contribution in [-0.4, -0.2) is 19.6 Å². The molecule has 1 aromatic rings. The third kappa shape index (κ3) is 2.53. The van der Waals surface area contributed by atoms with Crippen LogP contribution in [0.3, 0.4) is 0 Å². The first-order valence-electron chi connectivity index (χ1n) is 6.16. The van der Waals surface area contributed by atoms with Gasteiger partial charge in [-0.05, 0) is 53.4 Å². The van der Waals surface area contributed by atoms with E-state index >= 15 is 0 Å². The average molecular weight is 312 g/mol. The molecule has 0 spiro atoms. The minimum Gasteiger partial charge on any atom is -0.469 e. The standard InChI is InChI=1S/C14H18BrNO2/c1-10-4-5-12(11(15)8-10)16-9-14(6-3-7-14)13(17)18-2/h4-5,8,16H,3,6-7,9H2,1-2H3. The van der Waals surface area contributed by atoms with E-state index in [0.29, 0.717) is 6.54 Å². The molecule has 0 aromatic heterocycles. The summed E-state index contributed by atoms with van der Waals surface area (Å²) >= 11 is 3.53. The van der Waals surface area contributed by atoms with E-state index in [2.05, 4.69) is 40.3 Å². The molecule has 0 amide bonds. The second-order valence-corrected chi connectivity index (χ2v) is 5.82. The summed E-state index contributed by atoms with van der Waals surface area (Å²) < 4.78 is 5.93. The maximum atomic E-state index is 11.8. The van der Waals surface area contributed by atoms with Crippen molar-refractivity contribution in [2.75, 3.05) is 19.0 Å². The highest BCUT2D eigenvalue weighted by Gasteiger charge is 2.45. The molecule has 1 fully saturated rings. The van der Waals surface area contributed by atoms with Crippen LogP contribution >= 0.6 is 15.9 Å². The van der Waals surface area contributed by atoms with E-state index < -0.39 is 0 Å². The number of nitrogens with one attached hydrogen (secondary N) is 1. The first-order valence-corrected chi connectivity index (χ1v) is 6.95. The van der Waals surface area contributed by atoms with Gasteiger partial charge in [0.05, 0.1) is 12.5 Å². The van der Waals surface area contributed by atoms with E-state index in [4.69, 9.17) is 4.74 Å². The lowest BCUT2D eigenvalue weighted by atomic mass is 9.68. The van der Waals surface area contributed by atoms with Crippen LogP contribution in [0.5, 0.6) is 0 Å². The van der Waals surface area contributed by atoms with Gasteiger partial charge in [-0.2, -0.15) is 0 Å². The van der Waals surface area contributed by atoms with Crippen molar-refractivity contribution in [3.05, 3.63) is 28.2 Å². The van der Waals surface area contributed by atoms with Gasteiger partial charge >= 0.3 is 5.97 Å². The van der Waals surface area contributed by atoms with Gasteiger partial charge in [-0.15, -0.1) is 0 Å². The minimum atomic E-state index is -0.320. The largest absolute Gasteiger partial charge is 0.469 e. The summed E-state index contributed by atoms with van der Waals surface area (Å²) in [6.45, 7) is 2.69. The molecule has 0 aliphatic heterocycles. The zero-order chi connectivity index (χ0) is 13.2. The van der Waals surface area contributed by atoms with Crippen molar-refractivity contribution in [1.29, 1.82) is 0 Å². The molecule has 0 unspecified atom stereocenters. The van der Waals surface area contributed by atoms with E-state index in [1.54, 1.807) is 0 Å². The Bertz CT molecular complexity index is 455. The number of methoxy groups -OCH3 is 1. The SMILES string of the molecule is COC(=O)C1(CNc2ccc(C)cc2Br)CCC1. The van der Waals surface area contributed by atoms with Gasteiger partial charge in [-0.3, -0.25) is 4.79 Å². The monoisotopic (exact) mass is 311 g/mol. The zero-order valence-electron chi connectivity index (χ0n) is 10.8. The smallest absolute Gasteiger partial charge is 0.313 e. The van der Waals surface area contributed by atoms with Crippen LogP contribution in [0.1, 0.15) is 24.8 Å². The number of carbonyl (C=O) groups is 1. The molecule has 0 saturated heterocycles. The van der Waals surface area contributed by atoms with Gasteiger partial charge in [0.2, 0.25) is 0 Å². The fourth-order valence-corrected chi connectivity index (χ4v) is 2.93. The summed E-state index contributed by atoms with van der Waals surface area (Å²) in [4.78, 5) is 11.8. The number of ether oxygens (including phenoxy) is 1. The maximum absolute atomic E-state index is 11.8. The Morgan fingerprint density at radius 3 is 2.72 bits per heavy atom. The predicted molar refractivity (Wildman–Crippen MR) is 75.7 cm³/mol. The zero-order valence-corrected chi connectivity index (χ0v) is 12.3. The van der Waals surface area contributed by atoms with E-state index in [0.717, 1.165) is 29.4 Å². The second-order valence-electron chi connectivity index (χ2n) is 4.96. The Hall–Kier alpha value is -1.03. The Labute approximate surface area is 116 Å². The lowest BCUT2D eigenvalue weighted by Crippen LogP contribution is -2.44. The van der Waals surface area contributed by atoms with Crippen LogP contribution < -0.4 is 5.32 Å². The van der Waals surface area contributed by atoms with Crippen LogP contribution in [0.4, 0.5) is 5.69 Å². The molecule has 0 atom stereocenters. The highest BCUT2D eigenvalue weighted by molar-refractivity contribution is 9.10. The van der Waals surface area contributed by atoms with Gasteiger partial charge in [-0.1, -0.05) is 12.5 Å². The van der Waals surface area contributed by atoms with Crippen molar-refractivity contribution in [1.82, 2.24) is 0 Å². The number of anilines is 1. The minimum absolute atomic E-state index is 0.0931. The van der Waals surface area contributed by atoms with Gasteiger partial charge in [0, 0.05) is 16.7 Å². The number of esters is 1. The average Bonchev–Trinajstić information content (AvgIpc) is 2.29. The molecule has 1 aliphatic carbocycles. The molecule has 98 valence electrons. The predicted octanol–water partition coefficient (Wildman–Crippen LogP) is 3.51. The van der Waals surface area contributed by atoms with E-state index in [1.165, 1.54) is 12.7 Å². The molecule has 18 heavy (non-hydrogen) atoms. The van der Waals surface area contributed by atoms with Crippen LogP contribution in [0, 0.1) is 12.3 Å².